The van der Waals surface area contributed by atoms with E-state index in [2.05, 4.69) is 9.93 Å². The van der Waals surface area contributed by atoms with Crippen molar-refractivity contribution in [2.24, 2.45) is 5.10 Å². The Bertz CT molecular complexity index is 1020. The second kappa shape index (κ2) is 8.08. The zero-order valence-corrected chi connectivity index (χ0v) is 18.0. The molecule has 5 nitrogen and oxygen atoms in total. The molecule has 0 saturated carbocycles. The first-order valence-electron chi connectivity index (χ1n) is 8.75. The molecule has 1 aliphatic rings. The fourth-order valence-electron chi connectivity index (χ4n) is 3.14. The highest BCUT2D eigenvalue weighted by molar-refractivity contribution is 7.89. The molecular weight excluding hydrogens is 443 g/mol. The highest BCUT2D eigenvalue weighted by Crippen LogP contribution is 2.35. The van der Waals surface area contributed by atoms with E-state index in [-0.39, 0.29) is 26.3 Å². The Balaban J connectivity index is 2.05. The number of alkyl halides is 2. The van der Waals surface area contributed by atoms with Crippen molar-refractivity contribution in [1.82, 2.24) is 9.73 Å². The fraction of sp³-hybridized carbons (Fsp3) is 0.316. The van der Waals surface area contributed by atoms with E-state index < -0.39 is 35.0 Å². The van der Waals surface area contributed by atoms with Crippen LogP contribution < -0.4 is 4.83 Å². The molecule has 0 bridgehead atoms. The summed E-state index contributed by atoms with van der Waals surface area (Å²) in [7, 11) is -4.02. The first-order chi connectivity index (χ1) is 13.5. The third-order valence-electron chi connectivity index (χ3n) is 4.59. The van der Waals surface area contributed by atoms with Gasteiger partial charge in [-0.25, -0.2) is 8.78 Å². The van der Waals surface area contributed by atoms with Crippen molar-refractivity contribution in [3.05, 3.63) is 63.6 Å². The van der Waals surface area contributed by atoms with Crippen LogP contribution in [0, 0.1) is 6.92 Å². The van der Waals surface area contributed by atoms with Crippen molar-refractivity contribution in [1.29, 1.82) is 0 Å². The summed E-state index contributed by atoms with van der Waals surface area (Å²) in [5.41, 5.74) is 1.08. The molecule has 0 unspecified atom stereocenters. The van der Waals surface area contributed by atoms with E-state index in [1.807, 2.05) is 6.92 Å². The van der Waals surface area contributed by atoms with E-state index in [1.165, 1.54) is 29.2 Å². The number of nitrogens with zero attached hydrogens (tertiary/aromatic N) is 2. The predicted octanol–water partition coefficient (Wildman–Crippen LogP) is 4.67. The molecule has 0 radical (unpaired) electrons. The second-order valence-corrected chi connectivity index (χ2v) is 9.45. The number of hydrogen-bond donors (Lipinski definition) is 1. The van der Waals surface area contributed by atoms with Crippen molar-refractivity contribution in [3.63, 3.8) is 0 Å². The molecule has 1 aliphatic heterocycles. The smallest absolute Gasteiger partial charge is 0.276 e. The van der Waals surface area contributed by atoms with Crippen LogP contribution in [0.4, 0.5) is 8.78 Å². The number of nitrogens with one attached hydrogen (secondary N) is 1. The quantitative estimate of drug-likeness (QED) is 0.408. The molecule has 1 N–H and O–H groups in total. The van der Waals surface area contributed by atoms with E-state index in [4.69, 9.17) is 23.2 Å². The van der Waals surface area contributed by atoms with Crippen molar-refractivity contribution < 1.29 is 17.2 Å². The summed E-state index contributed by atoms with van der Waals surface area (Å²) in [5.74, 6) is -3.00. The highest BCUT2D eigenvalue weighted by atomic mass is 35.5. The second-order valence-electron chi connectivity index (χ2n) is 6.98. The average molecular weight is 462 g/mol. The monoisotopic (exact) mass is 461 g/mol. The molecule has 0 amide bonds. The molecule has 156 valence electrons. The van der Waals surface area contributed by atoms with Gasteiger partial charge in [0.15, 0.2) is 5.84 Å². The maximum atomic E-state index is 14.0. The molecule has 0 aliphatic carbocycles. The molecular formula is C19H19Cl2F2N3O2S. The molecule has 1 saturated heterocycles. The van der Waals surface area contributed by atoms with Crippen molar-refractivity contribution >= 4 is 39.1 Å². The number of amidine groups is 1. The number of hydrogen-bond acceptors (Lipinski definition) is 3. The van der Waals surface area contributed by atoms with Gasteiger partial charge in [-0.3, -0.25) is 0 Å². The summed E-state index contributed by atoms with van der Waals surface area (Å²) in [6.45, 7) is 2.81. The maximum Gasteiger partial charge on any atom is 0.276 e. The zero-order chi connectivity index (χ0) is 21.4. The van der Waals surface area contributed by atoms with E-state index in [1.54, 1.807) is 25.1 Å². The Morgan fingerprint density at radius 3 is 2.28 bits per heavy atom. The van der Waals surface area contributed by atoms with Gasteiger partial charge >= 0.3 is 0 Å². The summed E-state index contributed by atoms with van der Waals surface area (Å²) < 4.78 is 53.2. The number of rotatable bonds is 4. The first kappa shape index (κ1) is 21.8. The van der Waals surface area contributed by atoms with Gasteiger partial charge in [-0.1, -0.05) is 47.0 Å². The molecule has 29 heavy (non-hydrogen) atoms. The van der Waals surface area contributed by atoms with Crippen LogP contribution in [-0.4, -0.2) is 37.7 Å². The lowest BCUT2D eigenvalue weighted by molar-refractivity contribution is 0.0167. The van der Waals surface area contributed by atoms with Crippen LogP contribution in [0.25, 0.3) is 0 Å². The van der Waals surface area contributed by atoms with Crippen molar-refractivity contribution in [2.45, 2.75) is 37.1 Å². The lowest BCUT2D eigenvalue weighted by Gasteiger charge is -2.26. The molecule has 3 rings (SSSR count). The zero-order valence-electron chi connectivity index (χ0n) is 15.7. The number of benzene rings is 2. The standard InChI is InChI=1S/C19H19Cl2F2N3O2S/c1-12-6-8-14(9-7-12)29(27,28)25-24-18(17-15(20)4-3-5-16(17)21)26-11-19(22,23)10-13(26)2/h3-9,13,25H,10-11H2,1-2H3/b24-18+/t13-/m0/s1. The van der Waals surface area contributed by atoms with Gasteiger partial charge in [0.05, 0.1) is 27.0 Å². The third-order valence-corrected chi connectivity index (χ3v) is 6.44. The molecule has 2 aromatic rings. The van der Waals surface area contributed by atoms with Crippen LogP contribution >= 0.6 is 23.2 Å². The summed E-state index contributed by atoms with van der Waals surface area (Å²) in [4.78, 5) is 3.44. The van der Waals surface area contributed by atoms with E-state index in [0.29, 0.717) is 0 Å². The van der Waals surface area contributed by atoms with Gasteiger partial charge in [-0.05, 0) is 38.1 Å². The number of hydrazone groups is 1. The molecule has 1 heterocycles. The van der Waals surface area contributed by atoms with Crippen LogP contribution in [0.3, 0.4) is 0 Å². The van der Waals surface area contributed by atoms with Crippen molar-refractivity contribution in [2.75, 3.05) is 6.54 Å². The maximum absolute atomic E-state index is 14.0. The Morgan fingerprint density at radius 1 is 1.17 bits per heavy atom. The lowest BCUT2D eigenvalue weighted by atomic mass is 10.1. The minimum atomic E-state index is -4.02. The fourth-order valence-corrected chi connectivity index (χ4v) is 4.52. The van der Waals surface area contributed by atoms with Gasteiger partial charge in [0, 0.05) is 12.5 Å². The predicted molar refractivity (Wildman–Crippen MR) is 110 cm³/mol. The number of sulfonamides is 1. The molecule has 2 aromatic carbocycles. The van der Waals surface area contributed by atoms with Gasteiger partial charge in [-0.2, -0.15) is 13.2 Å². The molecule has 0 spiro atoms. The van der Waals surface area contributed by atoms with Crippen LogP contribution in [-0.2, 0) is 10.0 Å². The van der Waals surface area contributed by atoms with Gasteiger partial charge in [0.2, 0.25) is 0 Å². The SMILES string of the molecule is Cc1ccc(S(=O)(=O)N/N=C(\c2c(Cl)cccc2Cl)N2CC(F)(F)C[C@@H]2C)cc1. The Hall–Kier alpha value is -1.90. The van der Waals surface area contributed by atoms with Gasteiger partial charge in [0.25, 0.3) is 15.9 Å². The molecule has 1 fully saturated rings. The van der Waals surface area contributed by atoms with Gasteiger partial charge < -0.3 is 4.90 Å². The minimum Gasteiger partial charge on any atom is -0.346 e. The van der Waals surface area contributed by atoms with Crippen LogP contribution in [0.15, 0.2) is 52.5 Å². The van der Waals surface area contributed by atoms with E-state index >= 15 is 0 Å². The average Bonchev–Trinajstić information content (AvgIpc) is 2.90. The third kappa shape index (κ3) is 4.82. The Kier molecular flexibility index (Phi) is 6.08. The van der Waals surface area contributed by atoms with Crippen LogP contribution in [0.1, 0.15) is 24.5 Å². The normalized spacial score (nSPS) is 19.4. The topological polar surface area (TPSA) is 61.8 Å². The minimum absolute atomic E-state index is 0.00347. The van der Waals surface area contributed by atoms with Gasteiger partial charge in [0.1, 0.15) is 0 Å². The molecule has 1 atom stereocenters. The molecule has 0 aromatic heterocycles. The molecule has 10 heteroatoms. The number of aryl methyl sites for hydroxylation is 1. The summed E-state index contributed by atoms with van der Waals surface area (Å²) in [5, 5.41) is 4.34. The summed E-state index contributed by atoms with van der Waals surface area (Å²) in [6.07, 6.45) is -0.390. The Morgan fingerprint density at radius 2 is 1.76 bits per heavy atom. The van der Waals surface area contributed by atoms with Crippen LogP contribution in [0.2, 0.25) is 10.0 Å². The summed E-state index contributed by atoms with van der Waals surface area (Å²) in [6, 6.07) is 10.2. The number of halogens is 4. The highest BCUT2D eigenvalue weighted by Gasteiger charge is 2.45. The van der Waals surface area contributed by atoms with Crippen LogP contribution in [0.5, 0.6) is 0 Å². The van der Waals surface area contributed by atoms with E-state index in [9.17, 15) is 17.2 Å². The largest absolute Gasteiger partial charge is 0.346 e. The van der Waals surface area contributed by atoms with E-state index in [0.717, 1.165) is 5.56 Å². The van der Waals surface area contributed by atoms with Crippen molar-refractivity contribution in [3.8, 4) is 0 Å². The Labute approximate surface area is 178 Å². The number of likely N-dealkylation sites (tertiary alicyclic amines) is 1. The van der Waals surface area contributed by atoms with Gasteiger partial charge in [-0.15, -0.1) is 5.10 Å². The summed E-state index contributed by atoms with van der Waals surface area (Å²) >= 11 is 12.5. The lowest BCUT2D eigenvalue weighted by Crippen LogP contribution is -2.38. The first-order valence-corrected chi connectivity index (χ1v) is 11.0.